The van der Waals surface area contributed by atoms with Gasteiger partial charge in [-0.1, -0.05) is 50.8 Å². The van der Waals surface area contributed by atoms with Crippen LogP contribution in [0, 0.1) is 11.8 Å². The molecule has 161 valence electrons. The van der Waals surface area contributed by atoms with E-state index >= 15 is 0 Å². The van der Waals surface area contributed by atoms with Crippen molar-refractivity contribution in [1.29, 1.82) is 0 Å². The van der Waals surface area contributed by atoms with E-state index in [4.69, 9.17) is 26.1 Å². The number of ether oxygens (including phenoxy) is 2. The molecule has 3 unspecified atom stereocenters. The molecule has 0 saturated heterocycles. The van der Waals surface area contributed by atoms with Crippen LogP contribution >= 0.6 is 11.6 Å². The van der Waals surface area contributed by atoms with E-state index in [1.165, 1.54) is 25.0 Å². The smallest absolute Gasteiger partial charge is 0.231 e. The number of unbranched alkanes of at least 4 members (excludes halogenated alkanes) is 1. The molecule has 2 aromatic heterocycles. The van der Waals surface area contributed by atoms with Gasteiger partial charge in [-0.05, 0) is 48.9 Å². The molecular formula is C24H27ClN3O2Si. The highest BCUT2D eigenvalue weighted by atomic mass is 35.5. The summed E-state index contributed by atoms with van der Waals surface area (Å²) < 4.78 is 13.1. The van der Waals surface area contributed by atoms with E-state index in [-0.39, 0.29) is 12.2 Å². The van der Waals surface area contributed by atoms with Crippen LogP contribution in [0.2, 0.25) is 11.1 Å². The van der Waals surface area contributed by atoms with E-state index in [2.05, 4.69) is 35.3 Å². The molecule has 3 heterocycles. The Morgan fingerprint density at radius 1 is 1.16 bits per heavy atom. The Bertz CT molecular complexity index is 1120. The molecule has 5 rings (SSSR count). The van der Waals surface area contributed by atoms with Crippen molar-refractivity contribution in [2.24, 2.45) is 11.8 Å². The second kappa shape index (κ2) is 8.13. The van der Waals surface area contributed by atoms with Gasteiger partial charge in [0.1, 0.15) is 5.02 Å². The van der Waals surface area contributed by atoms with Crippen molar-refractivity contribution in [2.45, 2.75) is 57.4 Å². The Hall–Kier alpha value is -2.05. The molecule has 2 aliphatic rings. The summed E-state index contributed by atoms with van der Waals surface area (Å²) in [5.74, 6) is 2.83. The van der Waals surface area contributed by atoms with Crippen LogP contribution in [-0.2, 0) is 5.41 Å². The molecule has 5 nitrogen and oxygen atoms in total. The second-order valence-corrected chi connectivity index (χ2v) is 9.52. The Kier molecular flexibility index (Phi) is 5.47. The highest BCUT2D eigenvalue weighted by Gasteiger charge is 2.63. The van der Waals surface area contributed by atoms with Crippen LogP contribution in [0.1, 0.15) is 51.6 Å². The van der Waals surface area contributed by atoms with Crippen LogP contribution in [0.4, 0.5) is 0 Å². The first-order valence-electron chi connectivity index (χ1n) is 11.2. The number of benzene rings is 1. The number of aromatic nitrogens is 3. The Morgan fingerprint density at radius 3 is 2.74 bits per heavy atom. The molecule has 0 spiro atoms. The summed E-state index contributed by atoms with van der Waals surface area (Å²) in [5, 5.41) is 5.22. The zero-order chi connectivity index (χ0) is 21.6. The number of nitrogens with zero attached hydrogens (tertiary/aromatic N) is 3. The largest absolute Gasteiger partial charge is 0.454 e. The van der Waals surface area contributed by atoms with E-state index in [0.717, 1.165) is 47.3 Å². The zero-order valence-corrected chi connectivity index (χ0v) is 19.8. The third-order valence-electron chi connectivity index (χ3n) is 7.18. The second-order valence-electron chi connectivity index (χ2n) is 8.61. The predicted molar refractivity (Wildman–Crippen MR) is 123 cm³/mol. The molecule has 0 N–H and O–H groups in total. The predicted octanol–water partition coefficient (Wildman–Crippen LogP) is 5.84. The van der Waals surface area contributed by atoms with Gasteiger partial charge >= 0.3 is 0 Å². The van der Waals surface area contributed by atoms with Crippen LogP contribution in [0.3, 0.4) is 0 Å². The summed E-state index contributed by atoms with van der Waals surface area (Å²) >= 11 is 6.53. The molecule has 1 aromatic carbocycles. The van der Waals surface area contributed by atoms with E-state index < -0.39 is 0 Å². The van der Waals surface area contributed by atoms with Crippen molar-refractivity contribution in [3.63, 3.8) is 0 Å². The third-order valence-corrected chi connectivity index (χ3v) is 7.74. The van der Waals surface area contributed by atoms with Crippen LogP contribution in [0.25, 0.3) is 16.9 Å². The molecule has 3 aromatic rings. The van der Waals surface area contributed by atoms with Gasteiger partial charge < -0.3 is 9.47 Å². The summed E-state index contributed by atoms with van der Waals surface area (Å²) in [6, 6.07) is 9.23. The lowest BCUT2D eigenvalue weighted by atomic mass is 9.90. The average molecular weight is 453 g/mol. The van der Waals surface area contributed by atoms with Gasteiger partial charge in [0.2, 0.25) is 6.79 Å². The Labute approximate surface area is 191 Å². The van der Waals surface area contributed by atoms with Crippen molar-refractivity contribution in [3.05, 3.63) is 41.2 Å². The zero-order valence-electron chi connectivity index (χ0n) is 18.0. The Morgan fingerprint density at radius 2 is 1.97 bits per heavy atom. The molecule has 3 atom stereocenters. The molecule has 31 heavy (non-hydrogen) atoms. The maximum absolute atomic E-state index is 6.53. The monoisotopic (exact) mass is 452 g/mol. The fourth-order valence-electron chi connectivity index (χ4n) is 5.66. The fourth-order valence-corrected chi connectivity index (χ4v) is 6.14. The van der Waals surface area contributed by atoms with Crippen molar-refractivity contribution >= 4 is 27.5 Å². The van der Waals surface area contributed by atoms with Gasteiger partial charge in [-0.3, -0.25) is 0 Å². The molecule has 1 aliphatic carbocycles. The third kappa shape index (κ3) is 3.26. The van der Waals surface area contributed by atoms with Gasteiger partial charge in [0.05, 0.1) is 17.6 Å². The summed E-state index contributed by atoms with van der Waals surface area (Å²) in [5.41, 5.74) is 3.95. The number of rotatable bonds is 8. The van der Waals surface area contributed by atoms with E-state index in [1.807, 2.05) is 22.7 Å². The lowest BCUT2D eigenvalue weighted by Gasteiger charge is -2.20. The first kappa shape index (κ1) is 20.8. The minimum Gasteiger partial charge on any atom is -0.454 e. The first-order chi connectivity index (χ1) is 15.1. The van der Waals surface area contributed by atoms with Crippen LogP contribution in [0.5, 0.6) is 11.5 Å². The molecule has 1 saturated carbocycles. The van der Waals surface area contributed by atoms with Gasteiger partial charge in [0, 0.05) is 21.2 Å². The highest BCUT2D eigenvalue weighted by molar-refractivity contribution is 6.33. The van der Waals surface area contributed by atoms with Crippen LogP contribution in [-0.4, -0.2) is 31.6 Å². The lowest BCUT2D eigenvalue weighted by molar-refractivity contribution is 0.174. The standard InChI is InChI=1S/C24H27ClN3O2Si/c1-3-5-6-16-17(9-10-31)24(16,4-2)22-12-19(27-23-18(25)13-26-28(22)23)15-7-8-20-21(11-15)30-14-29-20/h7-8,11-13,16-17H,3-6,9-10,14H2,1-2H3. The highest BCUT2D eigenvalue weighted by Crippen LogP contribution is 2.66. The number of halogens is 1. The van der Waals surface area contributed by atoms with Crippen molar-refractivity contribution in [3.8, 4) is 22.8 Å². The molecular weight excluding hydrogens is 426 g/mol. The molecule has 1 aliphatic heterocycles. The number of fused-ring (bicyclic) bond motifs is 2. The average Bonchev–Trinajstić information content (AvgIpc) is 3.08. The maximum Gasteiger partial charge on any atom is 0.231 e. The summed E-state index contributed by atoms with van der Waals surface area (Å²) in [6.07, 6.45) is 7.68. The van der Waals surface area contributed by atoms with Crippen molar-refractivity contribution < 1.29 is 9.47 Å². The fraction of sp³-hybridized carbons (Fsp3) is 0.500. The first-order valence-corrected chi connectivity index (χ1v) is 12.3. The van der Waals surface area contributed by atoms with Crippen molar-refractivity contribution in [1.82, 2.24) is 14.6 Å². The number of hydrogen-bond donors (Lipinski definition) is 0. The topological polar surface area (TPSA) is 48.7 Å². The molecule has 0 bridgehead atoms. The molecule has 3 radical (unpaired) electrons. The summed E-state index contributed by atoms with van der Waals surface area (Å²) in [7, 11) is 3.74. The van der Waals surface area contributed by atoms with Crippen LogP contribution < -0.4 is 9.47 Å². The van der Waals surface area contributed by atoms with Gasteiger partial charge in [-0.15, -0.1) is 0 Å². The normalized spacial score (nSPS) is 24.1. The molecule has 0 amide bonds. The van der Waals surface area contributed by atoms with Crippen molar-refractivity contribution in [2.75, 3.05) is 6.79 Å². The quantitative estimate of drug-likeness (QED) is 0.403. The van der Waals surface area contributed by atoms with E-state index in [9.17, 15) is 0 Å². The van der Waals surface area contributed by atoms with E-state index in [1.54, 1.807) is 6.20 Å². The summed E-state index contributed by atoms with van der Waals surface area (Å²) in [6.45, 7) is 4.84. The molecule has 7 heteroatoms. The van der Waals surface area contributed by atoms with Gasteiger partial charge in [-0.2, -0.15) is 5.10 Å². The number of hydrogen-bond acceptors (Lipinski definition) is 4. The van der Waals surface area contributed by atoms with Crippen LogP contribution in [0.15, 0.2) is 30.5 Å². The minimum absolute atomic E-state index is 0.101. The van der Waals surface area contributed by atoms with E-state index in [0.29, 0.717) is 16.9 Å². The summed E-state index contributed by atoms with van der Waals surface area (Å²) in [4.78, 5) is 4.89. The Balaban J connectivity index is 1.66. The maximum atomic E-state index is 6.53. The lowest BCUT2D eigenvalue weighted by Crippen LogP contribution is -2.18. The SMILES string of the molecule is CCCCC1C(CC[Si])C1(CC)c1cc(-c2ccc3c(c2)OCO3)nc2c(Cl)cnn12. The van der Waals surface area contributed by atoms with Gasteiger partial charge in [0.15, 0.2) is 17.1 Å². The van der Waals surface area contributed by atoms with Gasteiger partial charge in [-0.25, -0.2) is 9.50 Å². The minimum atomic E-state index is 0.101. The molecule has 1 fully saturated rings. The van der Waals surface area contributed by atoms with Gasteiger partial charge in [0.25, 0.3) is 0 Å².